The molecule has 6 heteroatoms. The summed E-state index contributed by atoms with van der Waals surface area (Å²) in [6.45, 7) is 2.39. The molecule has 0 rings (SSSR count). The Morgan fingerprint density at radius 1 is 0.441 bits per heavy atom. The smallest absolute Gasteiger partial charge is 0.344 e. The van der Waals surface area contributed by atoms with Crippen LogP contribution in [0.15, 0.2) is 0 Å². The molecular formula is C28H61NO4S. The van der Waals surface area contributed by atoms with Gasteiger partial charge in [0.25, 0.3) is 0 Å². The largest absolute Gasteiger partial charge is 0.397 e. The number of rotatable bonds is 28. The molecule has 5 nitrogen and oxygen atoms in total. The summed E-state index contributed by atoms with van der Waals surface area (Å²) in [6.07, 6.45) is 35.2. The van der Waals surface area contributed by atoms with E-state index in [2.05, 4.69) is 11.1 Å². The summed E-state index contributed by atoms with van der Waals surface area (Å²) in [5, 5.41) is 0. The van der Waals surface area contributed by atoms with E-state index in [0.29, 0.717) is 6.42 Å². The maximum Gasteiger partial charge on any atom is 0.397 e. The molecule has 0 saturated carbocycles. The van der Waals surface area contributed by atoms with Gasteiger partial charge in [-0.05, 0) is 6.42 Å². The zero-order valence-corrected chi connectivity index (χ0v) is 23.7. The van der Waals surface area contributed by atoms with Crippen molar-refractivity contribution in [3.8, 4) is 0 Å². The third-order valence-corrected chi connectivity index (χ3v) is 7.19. The molecule has 0 aliphatic rings. The minimum atomic E-state index is -4.25. The molecule has 0 aliphatic heterocycles. The van der Waals surface area contributed by atoms with Gasteiger partial charge in [0.1, 0.15) is 0 Å². The van der Waals surface area contributed by atoms with Crippen molar-refractivity contribution in [1.29, 1.82) is 0 Å². The summed E-state index contributed by atoms with van der Waals surface area (Å²) >= 11 is 0. The third-order valence-electron chi connectivity index (χ3n) is 6.73. The van der Waals surface area contributed by atoms with Crippen molar-refractivity contribution in [3.63, 3.8) is 0 Å². The molecule has 0 aliphatic carbocycles. The summed E-state index contributed by atoms with van der Waals surface area (Å²) in [7, 11) is -4.25. The van der Waals surface area contributed by atoms with E-state index in [-0.39, 0.29) is 12.8 Å². The molecule has 34 heavy (non-hydrogen) atoms. The Balaban J connectivity index is 0. The standard InChI is InChI=1S/C28H58O4S.H3N/c1-2-3-4-5-6-7-8-9-10-11-12-13-14-15-16-17-18-19-20-21-22-23-24-25-26-27-28-32-33(29,30)31;/h2-28H2,1H3,(H,29,30,31);1H3. The summed E-state index contributed by atoms with van der Waals surface area (Å²) in [5.74, 6) is 0. The molecule has 0 amide bonds. The number of hydrogen-bond acceptors (Lipinski definition) is 4. The average Bonchev–Trinajstić information content (AvgIpc) is 2.78. The van der Waals surface area contributed by atoms with Crippen LogP contribution < -0.4 is 6.15 Å². The summed E-state index contributed by atoms with van der Waals surface area (Å²) in [4.78, 5) is 0. The highest BCUT2D eigenvalue weighted by Crippen LogP contribution is 2.16. The van der Waals surface area contributed by atoms with Gasteiger partial charge in [-0.3, -0.25) is 4.55 Å². The van der Waals surface area contributed by atoms with Crippen LogP contribution in [-0.2, 0) is 14.6 Å². The minimum Gasteiger partial charge on any atom is -0.344 e. The van der Waals surface area contributed by atoms with Gasteiger partial charge in [-0.1, -0.05) is 167 Å². The Morgan fingerprint density at radius 2 is 0.647 bits per heavy atom. The summed E-state index contributed by atoms with van der Waals surface area (Å²) < 4.78 is 33.6. The van der Waals surface area contributed by atoms with Crippen LogP contribution in [0, 0.1) is 0 Å². The zero-order valence-electron chi connectivity index (χ0n) is 22.9. The fraction of sp³-hybridized carbons (Fsp3) is 1.00. The summed E-state index contributed by atoms with van der Waals surface area (Å²) in [5.41, 5.74) is 0. The molecule has 208 valence electrons. The molecule has 4 N–H and O–H groups in total. The first-order valence-electron chi connectivity index (χ1n) is 14.7. The van der Waals surface area contributed by atoms with Crippen molar-refractivity contribution in [2.45, 2.75) is 174 Å². The van der Waals surface area contributed by atoms with Crippen LogP contribution in [0.3, 0.4) is 0 Å². The van der Waals surface area contributed by atoms with E-state index in [0.717, 1.165) is 12.8 Å². The topological polar surface area (TPSA) is 98.6 Å². The van der Waals surface area contributed by atoms with Crippen LogP contribution in [0.5, 0.6) is 0 Å². The predicted molar refractivity (Wildman–Crippen MR) is 148 cm³/mol. The Hall–Kier alpha value is -0.170. The van der Waals surface area contributed by atoms with Crippen molar-refractivity contribution < 1.29 is 17.2 Å². The van der Waals surface area contributed by atoms with Crippen LogP contribution in [0.1, 0.15) is 174 Å². The van der Waals surface area contributed by atoms with E-state index < -0.39 is 10.4 Å². The van der Waals surface area contributed by atoms with Crippen LogP contribution >= 0.6 is 0 Å². The molecule has 0 aromatic carbocycles. The average molecular weight is 508 g/mol. The van der Waals surface area contributed by atoms with E-state index in [1.807, 2.05) is 0 Å². The van der Waals surface area contributed by atoms with Gasteiger partial charge in [0.2, 0.25) is 0 Å². The highest BCUT2D eigenvalue weighted by molar-refractivity contribution is 7.80. The van der Waals surface area contributed by atoms with Gasteiger partial charge < -0.3 is 6.15 Å². The molecule has 0 fully saturated rings. The predicted octanol–water partition coefficient (Wildman–Crippen LogP) is 10.1. The second-order valence-electron chi connectivity index (χ2n) is 10.1. The van der Waals surface area contributed by atoms with Gasteiger partial charge in [0, 0.05) is 0 Å². The zero-order chi connectivity index (χ0) is 24.3. The number of unbranched alkanes of at least 4 members (excludes halogenated alkanes) is 25. The van der Waals surface area contributed by atoms with Crippen molar-refractivity contribution in [1.82, 2.24) is 6.15 Å². The van der Waals surface area contributed by atoms with Crippen LogP contribution in [0.2, 0.25) is 0 Å². The molecule has 0 radical (unpaired) electrons. The highest BCUT2D eigenvalue weighted by Gasteiger charge is 2.02. The van der Waals surface area contributed by atoms with Crippen LogP contribution in [0.4, 0.5) is 0 Å². The fourth-order valence-corrected chi connectivity index (χ4v) is 4.91. The van der Waals surface area contributed by atoms with Gasteiger partial charge in [-0.25, -0.2) is 4.18 Å². The maximum atomic E-state index is 10.4. The Kier molecular flexibility index (Phi) is 30.8. The molecule has 0 spiro atoms. The van der Waals surface area contributed by atoms with Crippen molar-refractivity contribution in [2.24, 2.45) is 0 Å². The second kappa shape index (κ2) is 29.1. The van der Waals surface area contributed by atoms with Crippen molar-refractivity contribution >= 4 is 10.4 Å². The molecule has 0 aromatic rings. The Labute approximate surface area is 214 Å². The van der Waals surface area contributed by atoms with Gasteiger partial charge >= 0.3 is 10.4 Å². The SMILES string of the molecule is CCCCCCCCCCCCCCCCCCCCCCCCCCCCOS(=O)(=O)O.N. The Morgan fingerprint density at radius 3 is 0.853 bits per heavy atom. The van der Waals surface area contributed by atoms with Gasteiger partial charge in [0.15, 0.2) is 0 Å². The van der Waals surface area contributed by atoms with Gasteiger partial charge in [-0.15, -0.1) is 0 Å². The van der Waals surface area contributed by atoms with Gasteiger partial charge in [0.05, 0.1) is 6.61 Å². The first-order chi connectivity index (χ1) is 16.1. The van der Waals surface area contributed by atoms with Crippen molar-refractivity contribution in [2.75, 3.05) is 6.61 Å². The van der Waals surface area contributed by atoms with E-state index in [1.165, 1.54) is 148 Å². The van der Waals surface area contributed by atoms with E-state index >= 15 is 0 Å². The molecule has 0 heterocycles. The molecule has 0 atom stereocenters. The molecule has 0 saturated heterocycles. The monoisotopic (exact) mass is 507 g/mol. The van der Waals surface area contributed by atoms with Crippen molar-refractivity contribution in [3.05, 3.63) is 0 Å². The molecule has 0 bridgehead atoms. The van der Waals surface area contributed by atoms with E-state index in [9.17, 15) is 8.42 Å². The second-order valence-corrected chi connectivity index (χ2v) is 11.2. The lowest BCUT2D eigenvalue weighted by Gasteiger charge is -2.04. The first-order valence-corrected chi connectivity index (χ1v) is 16.0. The Bertz CT molecular complexity index is 471. The highest BCUT2D eigenvalue weighted by atomic mass is 32.3. The lowest BCUT2D eigenvalue weighted by Crippen LogP contribution is -2.04. The van der Waals surface area contributed by atoms with Crippen LogP contribution in [-0.4, -0.2) is 19.6 Å². The van der Waals surface area contributed by atoms with E-state index in [4.69, 9.17) is 4.55 Å². The molecular weight excluding hydrogens is 446 g/mol. The lowest BCUT2D eigenvalue weighted by atomic mass is 10.0. The van der Waals surface area contributed by atoms with E-state index in [1.54, 1.807) is 0 Å². The molecule has 0 unspecified atom stereocenters. The third kappa shape index (κ3) is 34.0. The maximum absolute atomic E-state index is 10.4. The quantitative estimate of drug-likeness (QED) is 0.0810. The first kappa shape index (κ1) is 36.0. The lowest BCUT2D eigenvalue weighted by molar-refractivity contribution is 0.261. The minimum absolute atomic E-state index is 0. The fourth-order valence-electron chi connectivity index (χ4n) is 4.58. The normalized spacial score (nSPS) is 11.6. The molecule has 0 aromatic heterocycles. The summed E-state index contributed by atoms with van der Waals surface area (Å²) in [6, 6.07) is 0. The number of hydrogen-bond donors (Lipinski definition) is 2. The van der Waals surface area contributed by atoms with Gasteiger partial charge in [-0.2, -0.15) is 8.42 Å². The van der Waals surface area contributed by atoms with Crippen LogP contribution in [0.25, 0.3) is 0 Å².